The fourth-order valence-electron chi connectivity index (χ4n) is 3.12. The molecule has 0 bridgehead atoms. The van der Waals surface area contributed by atoms with Gasteiger partial charge in [-0.1, -0.05) is 18.2 Å². The number of benzene rings is 2. The van der Waals surface area contributed by atoms with E-state index in [-0.39, 0.29) is 23.6 Å². The molecule has 0 radical (unpaired) electrons. The Labute approximate surface area is 189 Å². The van der Waals surface area contributed by atoms with Crippen LogP contribution in [0.15, 0.2) is 77.5 Å². The summed E-state index contributed by atoms with van der Waals surface area (Å²) in [5.41, 5.74) is 1.73. The fraction of sp³-hybridized carbons (Fsp3) is 0.125. The summed E-state index contributed by atoms with van der Waals surface area (Å²) < 4.78 is 22.9. The zero-order valence-corrected chi connectivity index (χ0v) is 18.0. The topological polar surface area (TPSA) is 105 Å². The third kappa shape index (κ3) is 4.87. The van der Waals surface area contributed by atoms with E-state index in [1.54, 1.807) is 23.0 Å². The number of furan rings is 1. The molecule has 9 heteroatoms. The van der Waals surface area contributed by atoms with Crippen molar-refractivity contribution in [2.75, 3.05) is 19.5 Å². The maximum Gasteiger partial charge on any atom is 0.340 e. The van der Waals surface area contributed by atoms with Crippen LogP contribution >= 0.6 is 0 Å². The molecule has 0 fully saturated rings. The summed E-state index contributed by atoms with van der Waals surface area (Å²) in [5.74, 6) is -0.447. The average Bonchev–Trinajstić information content (AvgIpc) is 3.55. The van der Waals surface area contributed by atoms with E-state index in [2.05, 4.69) is 10.4 Å². The fourth-order valence-corrected chi connectivity index (χ4v) is 3.12. The SMILES string of the molecule is COc1cc(NC(=O)c2ccco2)c(C(=O)OCc2ccn(-c3ccccc3)n2)cc1OC. The molecule has 0 aliphatic heterocycles. The van der Waals surface area contributed by atoms with Crippen LogP contribution in [0.5, 0.6) is 11.5 Å². The molecule has 1 N–H and O–H groups in total. The number of para-hydroxylation sites is 1. The van der Waals surface area contributed by atoms with Crippen molar-refractivity contribution in [1.29, 1.82) is 0 Å². The first-order chi connectivity index (χ1) is 16.1. The van der Waals surface area contributed by atoms with Crippen LogP contribution in [0.4, 0.5) is 5.69 Å². The van der Waals surface area contributed by atoms with Crippen molar-refractivity contribution >= 4 is 17.6 Å². The molecule has 2 heterocycles. The molecule has 0 saturated heterocycles. The molecule has 0 aliphatic carbocycles. The van der Waals surface area contributed by atoms with E-state index >= 15 is 0 Å². The first-order valence-corrected chi connectivity index (χ1v) is 9.97. The van der Waals surface area contributed by atoms with Crippen molar-refractivity contribution in [2.24, 2.45) is 0 Å². The lowest BCUT2D eigenvalue weighted by Crippen LogP contribution is -2.16. The summed E-state index contributed by atoms with van der Waals surface area (Å²) in [4.78, 5) is 25.4. The van der Waals surface area contributed by atoms with E-state index in [0.29, 0.717) is 17.2 Å². The summed E-state index contributed by atoms with van der Waals surface area (Å²) in [6.45, 7) is -0.0570. The Kier molecular flexibility index (Phi) is 6.40. The highest BCUT2D eigenvalue weighted by atomic mass is 16.5. The second kappa shape index (κ2) is 9.73. The van der Waals surface area contributed by atoms with Gasteiger partial charge in [-0.05, 0) is 30.3 Å². The van der Waals surface area contributed by atoms with Gasteiger partial charge in [0, 0.05) is 18.3 Å². The van der Waals surface area contributed by atoms with Gasteiger partial charge in [-0.25, -0.2) is 9.48 Å². The Morgan fingerprint density at radius 1 is 1.00 bits per heavy atom. The third-order valence-corrected chi connectivity index (χ3v) is 4.75. The van der Waals surface area contributed by atoms with E-state index in [4.69, 9.17) is 18.6 Å². The van der Waals surface area contributed by atoms with Crippen molar-refractivity contribution in [3.63, 3.8) is 0 Å². The van der Waals surface area contributed by atoms with Gasteiger partial charge in [0.15, 0.2) is 17.3 Å². The lowest BCUT2D eigenvalue weighted by Gasteiger charge is -2.14. The first-order valence-electron chi connectivity index (χ1n) is 9.97. The first kappa shape index (κ1) is 21.7. The number of nitrogens with one attached hydrogen (secondary N) is 1. The van der Waals surface area contributed by atoms with Crippen molar-refractivity contribution in [3.05, 3.63) is 90.1 Å². The van der Waals surface area contributed by atoms with Crippen LogP contribution in [0.1, 0.15) is 26.6 Å². The number of ether oxygens (including phenoxy) is 3. The average molecular weight is 447 g/mol. The van der Waals surface area contributed by atoms with E-state index in [1.807, 2.05) is 30.3 Å². The number of carbonyl (C=O) groups excluding carboxylic acids is 2. The summed E-state index contributed by atoms with van der Waals surface area (Å²) >= 11 is 0. The molecule has 0 unspecified atom stereocenters. The highest BCUT2D eigenvalue weighted by molar-refractivity contribution is 6.07. The smallest absolute Gasteiger partial charge is 0.340 e. The molecular weight excluding hydrogens is 426 g/mol. The Hall–Kier alpha value is -4.53. The minimum Gasteiger partial charge on any atom is -0.493 e. The lowest BCUT2D eigenvalue weighted by molar-refractivity contribution is 0.0468. The van der Waals surface area contributed by atoms with Crippen LogP contribution in [0, 0.1) is 0 Å². The van der Waals surface area contributed by atoms with Crippen LogP contribution in [0.25, 0.3) is 5.69 Å². The summed E-state index contributed by atoms with van der Waals surface area (Å²) in [6.07, 6.45) is 3.16. The minimum atomic E-state index is -0.667. The minimum absolute atomic E-state index is 0.0570. The zero-order chi connectivity index (χ0) is 23.2. The Morgan fingerprint density at radius 3 is 2.45 bits per heavy atom. The van der Waals surface area contributed by atoms with Crippen molar-refractivity contribution in [2.45, 2.75) is 6.61 Å². The number of anilines is 1. The molecule has 33 heavy (non-hydrogen) atoms. The summed E-state index contributed by atoms with van der Waals surface area (Å²) in [7, 11) is 2.90. The molecule has 4 aromatic rings. The number of rotatable bonds is 8. The second-order valence-electron chi connectivity index (χ2n) is 6.85. The molecule has 9 nitrogen and oxygen atoms in total. The number of nitrogens with zero attached hydrogens (tertiary/aromatic N) is 2. The van der Waals surface area contributed by atoms with Gasteiger partial charge in [0.05, 0.1) is 37.4 Å². The molecule has 4 rings (SSSR count). The molecule has 2 aromatic carbocycles. The Bertz CT molecular complexity index is 1250. The van der Waals surface area contributed by atoms with Crippen molar-refractivity contribution < 1.29 is 28.2 Å². The number of carbonyl (C=O) groups is 2. The maximum atomic E-state index is 12.9. The van der Waals surface area contributed by atoms with Gasteiger partial charge < -0.3 is 23.9 Å². The zero-order valence-electron chi connectivity index (χ0n) is 18.0. The van der Waals surface area contributed by atoms with Crippen LogP contribution < -0.4 is 14.8 Å². The molecule has 0 spiro atoms. The predicted octanol–water partition coefficient (Wildman–Crippen LogP) is 4.09. The maximum absolute atomic E-state index is 12.9. The van der Waals surface area contributed by atoms with Gasteiger partial charge in [-0.3, -0.25) is 4.79 Å². The third-order valence-electron chi connectivity index (χ3n) is 4.75. The number of hydrogen-bond donors (Lipinski definition) is 1. The van der Waals surface area contributed by atoms with Crippen LogP contribution in [0.3, 0.4) is 0 Å². The van der Waals surface area contributed by atoms with Crippen LogP contribution in [0.2, 0.25) is 0 Å². The molecule has 0 aliphatic rings. The molecule has 0 atom stereocenters. The summed E-state index contributed by atoms with van der Waals surface area (Å²) in [5, 5.41) is 7.08. The largest absolute Gasteiger partial charge is 0.493 e. The van der Waals surface area contributed by atoms with E-state index < -0.39 is 11.9 Å². The molecule has 2 aromatic heterocycles. The highest BCUT2D eigenvalue weighted by Gasteiger charge is 2.21. The van der Waals surface area contributed by atoms with Crippen LogP contribution in [-0.2, 0) is 11.3 Å². The second-order valence-corrected chi connectivity index (χ2v) is 6.85. The van der Waals surface area contributed by atoms with Gasteiger partial charge in [0.1, 0.15) is 12.3 Å². The highest BCUT2D eigenvalue weighted by Crippen LogP contribution is 2.34. The lowest BCUT2D eigenvalue weighted by atomic mass is 10.1. The standard InChI is InChI=1S/C24H21N3O6/c1-30-21-13-18(19(14-22(21)31-2)25-23(28)20-9-6-12-32-20)24(29)33-15-16-10-11-27(26-16)17-7-4-3-5-8-17/h3-14H,15H2,1-2H3,(H,25,28). The normalized spacial score (nSPS) is 10.5. The molecular formula is C24H21N3O6. The number of methoxy groups -OCH3 is 2. The van der Waals surface area contributed by atoms with Crippen LogP contribution in [-0.4, -0.2) is 35.9 Å². The van der Waals surface area contributed by atoms with Gasteiger partial charge in [0.25, 0.3) is 5.91 Å². The molecule has 1 amide bonds. The van der Waals surface area contributed by atoms with Gasteiger partial charge in [0.2, 0.25) is 0 Å². The number of hydrogen-bond acceptors (Lipinski definition) is 7. The number of aromatic nitrogens is 2. The summed E-state index contributed by atoms with van der Waals surface area (Å²) in [6, 6.07) is 17.4. The van der Waals surface area contributed by atoms with Crippen molar-refractivity contribution in [3.8, 4) is 17.2 Å². The number of esters is 1. The van der Waals surface area contributed by atoms with E-state index in [9.17, 15) is 9.59 Å². The molecule has 168 valence electrons. The van der Waals surface area contributed by atoms with Gasteiger partial charge >= 0.3 is 5.97 Å². The number of amides is 1. The van der Waals surface area contributed by atoms with Gasteiger partial charge in [-0.15, -0.1) is 0 Å². The van der Waals surface area contributed by atoms with Crippen molar-refractivity contribution in [1.82, 2.24) is 9.78 Å². The quantitative estimate of drug-likeness (QED) is 0.406. The Balaban J connectivity index is 1.54. The van der Waals surface area contributed by atoms with Gasteiger partial charge in [-0.2, -0.15) is 5.10 Å². The monoisotopic (exact) mass is 447 g/mol. The van der Waals surface area contributed by atoms with E-state index in [1.165, 1.54) is 38.7 Å². The molecule has 0 saturated carbocycles. The van der Waals surface area contributed by atoms with E-state index in [0.717, 1.165) is 5.69 Å². The Morgan fingerprint density at radius 2 is 1.76 bits per heavy atom. The predicted molar refractivity (Wildman–Crippen MR) is 119 cm³/mol.